The molecule has 0 atom stereocenters. The number of ether oxygens (including phenoxy) is 2. The molecule has 2 rings (SSSR count). The Labute approximate surface area is 166 Å². The maximum Gasteiger partial charge on any atom is 0.262 e. The van der Waals surface area contributed by atoms with Crippen molar-refractivity contribution in [1.82, 2.24) is 5.32 Å². The van der Waals surface area contributed by atoms with Crippen molar-refractivity contribution in [2.24, 2.45) is 0 Å². The minimum atomic E-state index is -0.343. The summed E-state index contributed by atoms with van der Waals surface area (Å²) in [6.07, 6.45) is 7.76. The first-order valence-corrected chi connectivity index (χ1v) is 9.98. The van der Waals surface area contributed by atoms with Gasteiger partial charge in [-0.05, 0) is 50.0 Å². The average Bonchev–Trinajstić information content (AvgIpc) is 2.66. The van der Waals surface area contributed by atoms with Crippen molar-refractivity contribution in [1.29, 1.82) is 5.26 Å². The average molecular weight is 391 g/mol. The Kier molecular flexibility index (Phi) is 8.47. The van der Waals surface area contributed by atoms with E-state index in [1.54, 1.807) is 12.1 Å². The molecular weight excluding hydrogens is 364 g/mol. The van der Waals surface area contributed by atoms with Crippen molar-refractivity contribution in [2.45, 2.75) is 58.4 Å². The van der Waals surface area contributed by atoms with Crippen LogP contribution in [0.15, 0.2) is 17.7 Å². The molecule has 0 aromatic heterocycles. The SMILES string of the molecule is CCCOc1c(Cl)cc(/C=C(\C#N)C(=O)NC2CCCCC2)cc1OCC. The molecule has 146 valence electrons. The summed E-state index contributed by atoms with van der Waals surface area (Å²) in [5.41, 5.74) is 0.684. The molecule has 27 heavy (non-hydrogen) atoms. The molecule has 1 N–H and O–H groups in total. The first-order valence-electron chi connectivity index (χ1n) is 9.60. The highest BCUT2D eigenvalue weighted by molar-refractivity contribution is 6.32. The third kappa shape index (κ3) is 6.18. The third-order valence-electron chi connectivity index (χ3n) is 4.40. The van der Waals surface area contributed by atoms with Crippen LogP contribution in [0.1, 0.15) is 57.9 Å². The number of nitrogens with zero attached hydrogens (tertiary/aromatic N) is 1. The number of halogens is 1. The molecule has 1 aliphatic carbocycles. The molecule has 1 saturated carbocycles. The zero-order valence-electron chi connectivity index (χ0n) is 16.0. The number of carbonyl (C=O) groups excluding carboxylic acids is 1. The normalized spacial score (nSPS) is 15.1. The van der Waals surface area contributed by atoms with Crippen molar-refractivity contribution >= 4 is 23.6 Å². The Balaban J connectivity index is 2.23. The molecule has 0 heterocycles. The van der Waals surface area contributed by atoms with E-state index >= 15 is 0 Å². The molecule has 5 nitrogen and oxygen atoms in total. The van der Waals surface area contributed by atoms with Crippen molar-refractivity contribution in [3.8, 4) is 17.6 Å². The fourth-order valence-corrected chi connectivity index (χ4v) is 3.38. The van der Waals surface area contributed by atoms with Crippen LogP contribution in [0, 0.1) is 11.3 Å². The van der Waals surface area contributed by atoms with Gasteiger partial charge in [-0.3, -0.25) is 4.79 Å². The Morgan fingerprint density at radius 2 is 2.04 bits per heavy atom. The molecule has 0 spiro atoms. The summed E-state index contributed by atoms with van der Waals surface area (Å²) in [5, 5.41) is 12.8. The second-order valence-electron chi connectivity index (χ2n) is 6.59. The van der Waals surface area contributed by atoms with Crippen molar-refractivity contribution in [2.75, 3.05) is 13.2 Å². The van der Waals surface area contributed by atoms with Gasteiger partial charge in [0.2, 0.25) is 0 Å². The van der Waals surface area contributed by atoms with Crippen LogP contribution in [0.5, 0.6) is 11.5 Å². The van der Waals surface area contributed by atoms with E-state index in [9.17, 15) is 10.1 Å². The van der Waals surface area contributed by atoms with Gasteiger partial charge >= 0.3 is 0 Å². The Hall–Kier alpha value is -2.19. The molecule has 6 heteroatoms. The second kappa shape index (κ2) is 10.8. The maximum atomic E-state index is 12.5. The highest BCUT2D eigenvalue weighted by atomic mass is 35.5. The molecule has 1 aromatic rings. The van der Waals surface area contributed by atoms with Gasteiger partial charge in [-0.15, -0.1) is 0 Å². The molecule has 1 fully saturated rings. The lowest BCUT2D eigenvalue weighted by Gasteiger charge is -2.22. The molecular formula is C21H27ClN2O3. The number of carbonyl (C=O) groups is 1. The van der Waals surface area contributed by atoms with Crippen LogP contribution in [0.3, 0.4) is 0 Å². The highest BCUT2D eigenvalue weighted by Crippen LogP contribution is 2.37. The van der Waals surface area contributed by atoms with Crippen molar-refractivity contribution < 1.29 is 14.3 Å². The van der Waals surface area contributed by atoms with Gasteiger partial charge in [0.1, 0.15) is 11.6 Å². The van der Waals surface area contributed by atoms with Crippen LogP contribution in [0.2, 0.25) is 5.02 Å². The number of amides is 1. The van der Waals surface area contributed by atoms with Crippen molar-refractivity contribution in [3.63, 3.8) is 0 Å². The zero-order chi connectivity index (χ0) is 19.6. The summed E-state index contributed by atoms with van der Waals surface area (Å²) < 4.78 is 11.3. The first kappa shape index (κ1) is 21.1. The molecule has 1 aliphatic rings. The lowest BCUT2D eigenvalue weighted by Crippen LogP contribution is -2.36. The minimum Gasteiger partial charge on any atom is -0.490 e. The summed E-state index contributed by atoms with van der Waals surface area (Å²) in [7, 11) is 0. The predicted octanol–water partition coefficient (Wildman–Crippen LogP) is 4.88. The summed E-state index contributed by atoms with van der Waals surface area (Å²) in [5.74, 6) is 0.655. The Bertz CT molecular complexity index is 719. The number of benzene rings is 1. The van der Waals surface area contributed by atoms with Gasteiger partial charge in [-0.25, -0.2) is 0 Å². The quantitative estimate of drug-likeness (QED) is 0.507. The Morgan fingerprint density at radius 1 is 1.30 bits per heavy atom. The van der Waals surface area contributed by atoms with Crippen LogP contribution in [0.25, 0.3) is 6.08 Å². The molecule has 0 saturated heterocycles. The van der Waals surface area contributed by atoms with Gasteiger partial charge in [-0.2, -0.15) is 5.26 Å². The summed E-state index contributed by atoms with van der Waals surface area (Å²) >= 11 is 6.35. The van der Waals surface area contributed by atoms with Gasteiger partial charge in [0, 0.05) is 6.04 Å². The number of hydrogen-bond acceptors (Lipinski definition) is 4. The van der Waals surface area contributed by atoms with E-state index in [1.165, 1.54) is 12.5 Å². The molecule has 0 aliphatic heterocycles. The number of hydrogen-bond donors (Lipinski definition) is 1. The number of rotatable bonds is 8. The minimum absolute atomic E-state index is 0.0568. The zero-order valence-corrected chi connectivity index (χ0v) is 16.8. The topological polar surface area (TPSA) is 71.3 Å². The second-order valence-corrected chi connectivity index (χ2v) is 7.00. The van der Waals surface area contributed by atoms with Crippen LogP contribution in [-0.2, 0) is 4.79 Å². The number of nitrogens with one attached hydrogen (secondary N) is 1. The lowest BCUT2D eigenvalue weighted by molar-refractivity contribution is -0.117. The predicted molar refractivity (Wildman–Crippen MR) is 107 cm³/mol. The maximum absolute atomic E-state index is 12.5. The van der Waals surface area contributed by atoms with Gasteiger partial charge in [0.15, 0.2) is 11.5 Å². The van der Waals surface area contributed by atoms with Crippen LogP contribution >= 0.6 is 11.6 Å². The molecule has 0 unspecified atom stereocenters. The molecule has 1 aromatic carbocycles. The largest absolute Gasteiger partial charge is 0.490 e. The Morgan fingerprint density at radius 3 is 2.67 bits per heavy atom. The van der Waals surface area contributed by atoms with Crippen LogP contribution in [0.4, 0.5) is 0 Å². The summed E-state index contributed by atoms with van der Waals surface area (Å²) in [6.45, 7) is 4.87. The molecule has 1 amide bonds. The highest BCUT2D eigenvalue weighted by Gasteiger charge is 2.19. The van der Waals surface area contributed by atoms with Crippen LogP contribution < -0.4 is 14.8 Å². The van der Waals surface area contributed by atoms with E-state index in [0.717, 1.165) is 32.1 Å². The van der Waals surface area contributed by atoms with E-state index in [0.29, 0.717) is 35.3 Å². The monoisotopic (exact) mass is 390 g/mol. The fourth-order valence-electron chi connectivity index (χ4n) is 3.10. The van der Waals surface area contributed by atoms with Crippen molar-refractivity contribution in [3.05, 3.63) is 28.3 Å². The standard InChI is InChI=1S/C21H27ClN2O3/c1-3-10-27-20-18(22)12-15(13-19(20)26-4-2)11-16(14-23)21(25)24-17-8-6-5-7-9-17/h11-13,17H,3-10H2,1-2H3,(H,24,25)/b16-11+. The summed E-state index contributed by atoms with van der Waals surface area (Å²) in [4.78, 5) is 12.5. The molecule has 0 bridgehead atoms. The summed E-state index contributed by atoms with van der Waals surface area (Å²) in [6, 6.07) is 5.56. The van der Waals surface area contributed by atoms with Gasteiger partial charge in [-0.1, -0.05) is 37.8 Å². The van der Waals surface area contributed by atoms with Crippen LogP contribution in [-0.4, -0.2) is 25.2 Å². The number of nitriles is 1. The van der Waals surface area contributed by atoms with E-state index in [2.05, 4.69) is 5.32 Å². The van der Waals surface area contributed by atoms with E-state index in [1.807, 2.05) is 19.9 Å². The van der Waals surface area contributed by atoms with Gasteiger partial charge < -0.3 is 14.8 Å². The van der Waals surface area contributed by atoms with Gasteiger partial charge in [0.25, 0.3) is 5.91 Å². The lowest BCUT2D eigenvalue weighted by atomic mass is 9.95. The fraction of sp³-hybridized carbons (Fsp3) is 0.524. The van der Waals surface area contributed by atoms with E-state index in [4.69, 9.17) is 21.1 Å². The van der Waals surface area contributed by atoms with E-state index in [-0.39, 0.29) is 17.5 Å². The molecule has 0 radical (unpaired) electrons. The first-order chi connectivity index (χ1) is 13.1. The third-order valence-corrected chi connectivity index (χ3v) is 4.68. The van der Waals surface area contributed by atoms with E-state index < -0.39 is 0 Å². The smallest absolute Gasteiger partial charge is 0.262 e. The van der Waals surface area contributed by atoms with Gasteiger partial charge in [0.05, 0.1) is 18.2 Å².